The molecular weight excluding hydrogens is 245 g/mol. The molecule has 0 unspecified atom stereocenters. The molecule has 0 radical (unpaired) electrons. The van der Waals surface area contributed by atoms with E-state index in [2.05, 4.69) is 16.6 Å². The summed E-state index contributed by atoms with van der Waals surface area (Å²) in [5, 5.41) is 8.64. The number of ether oxygens (including phenoxy) is 1. The number of carbonyl (C=O) groups excluding carboxylic acids is 1. The highest BCUT2D eigenvalue weighted by Crippen LogP contribution is 2.18. The van der Waals surface area contributed by atoms with Crippen molar-refractivity contribution in [3.05, 3.63) is 35.1 Å². The average Bonchev–Trinajstić information content (AvgIpc) is 2.36. The minimum absolute atomic E-state index is 0.141. The lowest BCUT2D eigenvalue weighted by atomic mass is 9.90. The lowest BCUT2D eigenvalue weighted by Crippen LogP contribution is -2.06. The zero-order valence-electron chi connectivity index (χ0n) is 11.1. The third-order valence-electron chi connectivity index (χ3n) is 2.45. The van der Waals surface area contributed by atoms with Crippen molar-refractivity contribution in [2.75, 3.05) is 7.11 Å². The maximum absolute atomic E-state index is 13.7. The first-order valence-corrected chi connectivity index (χ1v) is 5.67. The molecule has 4 heteroatoms. The lowest BCUT2D eigenvalue weighted by Gasteiger charge is -2.11. The Bertz CT molecular complexity index is 588. The van der Waals surface area contributed by atoms with Crippen molar-refractivity contribution in [3.63, 3.8) is 0 Å². The molecule has 0 saturated carbocycles. The maximum Gasteiger partial charge on any atom is 0.337 e. The zero-order valence-corrected chi connectivity index (χ0v) is 11.1. The molecule has 0 bridgehead atoms. The molecular formula is C15H14FNO2. The second-order valence-electron chi connectivity index (χ2n) is 4.65. The van der Waals surface area contributed by atoms with Crippen LogP contribution in [0.15, 0.2) is 18.2 Å². The number of carbonyl (C=O) groups is 1. The number of esters is 1. The van der Waals surface area contributed by atoms with Crippen molar-refractivity contribution in [2.24, 2.45) is 5.41 Å². The van der Waals surface area contributed by atoms with Gasteiger partial charge in [0.2, 0.25) is 0 Å². The first-order chi connectivity index (χ1) is 8.89. The molecule has 1 rings (SSSR count). The van der Waals surface area contributed by atoms with Gasteiger partial charge in [-0.05, 0) is 32.0 Å². The predicted molar refractivity (Wildman–Crippen MR) is 68.6 cm³/mol. The van der Waals surface area contributed by atoms with E-state index in [4.69, 9.17) is 5.26 Å². The fraction of sp³-hybridized carbons (Fsp3) is 0.333. The average molecular weight is 259 g/mol. The van der Waals surface area contributed by atoms with Crippen LogP contribution in [0.4, 0.5) is 4.39 Å². The van der Waals surface area contributed by atoms with Crippen LogP contribution in [0.5, 0.6) is 0 Å². The third kappa shape index (κ3) is 4.12. The fourth-order valence-electron chi connectivity index (χ4n) is 1.34. The van der Waals surface area contributed by atoms with Gasteiger partial charge < -0.3 is 4.74 Å². The van der Waals surface area contributed by atoms with E-state index in [1.165, 1.54) is 19.2 Å². The molecule has 1 aromatic rings. The van der Waals surface area contributed by atoms with E-state index in [0.29, 0.717) is 0 Å². The Labute approximate surface area is 112 Å². The summed E-state index contributed by atoms with van der Waals surface area (Å²) in [4.78, 5) is 11.2. The summed E-state index contributed by atoms with van der Waals surface area (Å²) in [6.45, 7) is 3.62. The Morgan fingerprint density at radius 1 is 1.47 bits per heavy atom. The van der Waals surface area contributed by atoms with Crippen molar-refractivity contribution in [1.29, 1.82) is 5.26 Å². The monoisotopic (exact) mass is 259 g/mol. The van der Waals surface area contributed by atoms with Crippen LogP contribution in [-0.4, -0.2) is 13.1 Å². The number of halogens is 1. The molecule has 0 amide bonds. The number of benzene rings is 1. The molecule has 1 aromatic carbocycles. The topological polar surface area (TPSA) is 50.1 Å². The van der Waals surface area contributed by atoms with Crippen LogP contribution in [-0.2, 0) is 4.74 Å². The van der Waals surface area contributed by atoms with Gasteiger partial charge in [-0.25, -0.2) is 9.18 Å². The first kappa shape index (κ1) is 14.7. The van der Waals surface area contributed by atoms with Gasteiger partial charge in [-0.3, -0.25) is 0 Å². The van der Waals surface area contributed by atoms with E-state index in [1.54, 1.807) is 0 Å². The maximum atomic E-state index is 13.7. The van der Waals surface area contributed by atoms with Crippen molar-refractivity contribution in [3.8, 4) is 17.9 Å². The van der Waals surface area contributed by atoms with Gasteiger partial charge >= 0.3 is 5.97 Å². The summed E-state index contributed by atoms with van der Waals surface area (Å²) in [5.41, 5.74) is -0.164. The number of hydrogen-bond donors (Lipinski definition) is 0. The van der Waals surface area contributed by atoms with Crippen molar-refractivity contribution < 1.29 is 13.9 Å². The van der Waals surface area contributed by atoms with Gasteiger partial charge in [0.15, 0.2) is 0 Å². The van der Waals surface area contributed by atoms with E-state index < -0.39 is 17.2 Å². The molecule has 98 valence electrons. The smallest absolute Gasteiger partial charge is 0.337 e. The van der Waals surface area contributed by atoms with Crippen LogP contribution < -0.4 is 0 Å². The number of hydrogen-bond acceptors (Lipinski definition) is 3. The summed E-state index contributed by atoms with van der Waals surface area (Å²) in [7, 11) is 1.23. The Morgan fingerprint density at radius 3 is 2.68 bits per heavy atom. The molecule has 0 aromatic heterocycles. The Morgan fingerprint density at radius 2 is 2.16 bits per heavy atom. The molecule has 19 heavy (non-hydrogen) atoms. The van der Waals surface area contributed by atoms with Gasteiger partial charge in [-0.1, -0.05) is 11.8 Å². The largest absolute Gasteiger partial charge is 0.465 e. The third-order valence-corrected chi connectivity index (χ3v) is 2.45. The van der Waals surface area contributed by atoms with Crippen molar-refractivity contribution >= 4 is 5.97 Å². The van der Waals surface area contributed by atoms with Crippen molar-refractivity contribution in [1.82, 2.24) is 0 Å². The van der Waals surface area contributed by atoms with Crippen LogP contribution >= 0.6 is 0 Å². The number of methoxy groups -OCH3 is 1. The Balaban J connectivity index is 3.03. The van der Waals surface area contributed by atoms with Crippen LogP contribution in [0.3, 0.4) is 0 Å². The summed E-state index contributed by atoms with van der Waals surface area (Å²) in [5.74, 6) is 4.37. The lowest BCUT2D eigenvalue weighted by molar-refractivity contribution is 0.0600. The minimum atomic E-state index is -0.594. The molecule has 0 spiro atoms. The molecule has 0 aliphatic rings. The van der Waals surface area contributed by atoms with E-state index in [9.17, 15) is 9.18 Å². The molecule has 0 N–H and O–H groups in total. The quantitative estimate of drug-likeness (QED) is 0.606. The van der Waals surface area contributed by atoms with Crippen LogP contribution in [0.25, 0.3) is 0 Å². The van der Waals surface area contributed by atoms with Gasteiger partial charge in [0.1, 0.15) is 5.82 Å². The van der Waals surface area contributed by atoms with E-state index in [1.807, 2.05) is 19.9 Å². The second-order valence-corrected chi connectivity index (χ2v) is 4.65. The van der Waals surface area contributed by atoms with Gasteiger partial charge in [0.05, 0.1) is 30.7 Å². The van der Waals surface area contributed by atoms with Crippen LogP contribution in [0.1, 0.15) is 36.2 Å². The molecule has 3 nitrogen and oxygen atoms in total. The van der Waals surface area contributed by atoms with E-state index in [0.717, 1.165) is 6.07 Å². The molecule has 0 saturated heterocycles. The number of nitrogens with zero attached hydrogens (tertiary/aromatic N) is 1. The van der Waals surface area contributed by atoms with Gasteiger partial charge in [0.25, 0.3) is 0 Å². The molecule has 0 heterocycles. The summed E-state index contributed by atoms with van der Waals surface area (Å²) in [6, 6.07) is 6.01. The summed E-state index contributed by atoms with van der Waals surface area (Å²) < 4.78 is 18.2. The fourth-order valence-corrected chi connectivity index (χ4v) is 1.34. The highest BCUT2D eigenvalue weighted by Gasteiger charge is 2.14. The zero-order chi connectivity index (χ0) is 14.5. The minimum Gasteiger partial charge on any atom is -0.465 e. The molecule has 0 aliphatic carbocycles. The van der Waals surface area contributed by atoms with E-state index in [-0.39, 0.29) is 17.5 Å². The summed E-state index contributed by atoms with van der Waals surface area (Å²) >= 11 is 0. The van der Waals surface area contributed by atoms with Gasteiger partial charge in [-0.2, -0.15) is 5.26 Å². The highest BCUT2D eigenvalue weighted by atomic mass is 19.1. The van der Waals surface area contributed by atoms with Crippen LogP contribution in [0, 0.1) is 34.4 Å². The number of rotatable bonds is 2. The highest BCUT2D eigenvalue weighted by molar-refractivity contribution is 5.89. The predicted octanol–water partition coefficient (Wildman–Crippen LogP) is 2.90. The molecule has 0 aliphatic heterocycles. The SMILES string of the molecule is COC(=O)c1ccc(C#CC(C)(C)CC#N)c(F)c1. The van der Waals surface area contributed by atoms with Gasteiger partial charge in [0, 0.05) is 5.41 Å². The molecule has 0 atom stereocenters. The number of nitriles is 1. The Hall–Kier alpha value is -2.33. The second kappa shape index (κ2) is 6.02. The molecule has 0 fully saturated rings. The normalized spacial score (nSPS) is 10.1. The summed E-state index contributed by atoms with van der Waals surface area (Å²) in [6.07, 6.45) is 0.266. The van der Waals surface area contributed by atoms with Gasteiger partial charge in [-0.15, -0.1) is 0 Å². The van der Waals surface area contributed by atoms with Crippen LogP contribution in [0.2, 0.25) is 0 Å². The first-order valence-electron chi connectivity index (χ1n) is 5.67. The Kier molecular flexibility index (Phi) is 4.67. The standard InChI is InChI=1S/C15H14FNO2/c1-15(2,8-9-17)7-6-11-4-5-12(10-13(11)16)14(18)19-3/h4-5,10H,8H2,1-3H3. The van der Waals surface area contributed by atoms with E-state index >= 15 is 0 Å². The van der Waals surface area contributed by atoms with Crippen molar-refractivity contribution in [2.45, 2.75) is 20.3 Å².